The van der Waals surface area contributed by atoms with Gasteiger partial charge in [0, 0.05) is 12.6 Å². The smallest absolute Gasteiger partial charge is 0.264 e. The van der Waals surface area contributed by atoms with E-state index in [1.165, 1.54) is 30.6 Å². The minimum absolute atomic E-state index is 0.0355. The van der Waals surface area contributed by atoms with Gasteiger partial charge in [-0.05, 0) is 47.3 Å². The third-order valence-electron chi connectivity index (χ3n) is 3.69. The van der Waals surface area contributed by atoms with E-state index in [0.717, 1.165) is 27.1 Å². The second-order valence-electron chi connectivity index (χ2n) is 5.08. The van der Waals surface area contributed by atoms with E-state index in [-0.39, 0.29) is 12.5 Å². The maximum atomic E-state index is 12.6. The second-order valence-corrected chi connectivity index (χ2v) is 7.45. The summed E-state index contributed by atoms with van der Waals surface area (Å²) in [7, 11) is 0. The van der Waals surface area contributed by atoms with Crippen molar-refractivity contribution in [2.24, 2.45) is 0 Å². The van der Waals surface area contributed by atoms with Crippen LogP contribution in [0, 0.1) is 6.92 Å². The topological polar surface area (TPSA) is 40.5 Å². The summed E-state index contributed by atoms with van der Waals surface area (Å²) in [5, 5.41) is 9.22. The van der Waals surface area contributed by atoms with Crippen molar-refractivity contribution in [1.29, 1.82) is 0 Å². The van der Waals surface area contributed by atoms with Gasteiger partial charge in [0.1, 0.15) is 0 Å². The highest BCUT2D eigenvalue weighted by atomic mass is 79.9. The van der Waals surface area contributed by atoms with E-state index in [2.05, 4.69) is 15.9 Å². The molecule has 1 aliphatic rings. The van der Waals surface area contributed by atoms with Crippen LogP contribution >= 0.6 is 27.3 Å². The van der Waals surface area contributed by atoms with Crippen LogP contribution in [0.5, 0.6) is 0 Å². The van der Waals surface area contributed by atoms with Gasteiger partial charge in [0.15, 0.2) is 0 Å². The monoisotopic (exact) mass is 345 g/mol. The average molecular weight is 346 g/mol. The normalized spacial score (nSPS) is 16.6. The Morgan fingerprint density at radius 2 is 2.16 bits per heavy atom. The van der Waals surface area contributed by atoms with Gasteiger partial charge < -0.3 is 10.0 Å². The molecule has 1 amide bonds. The van der Waals surface area contributed by atoms with Crippen LogP contribution in [0.3, 0.4) is 0 Å². The van der Waals surface area contributed by atoms with Crippen LogP contribution in [-0.4, -0.2) is 35.1 Å². The Balaban J connectivity index is 2.15. The quantitative estimate of drug-likeness (QED) is 0.905. The lowest BCUT2D eigenvalue weighted by Gasteiger charge is -2.33. The first-order chi connectivity index (χ1) is 9.13. The highest BCUT2D eigenvalue weighted by Crippen LogP contribution is 2.30. The van der Waals surface area contributed by atoms with E-state index in [4.69, 9.17) is 0 Å². The molecule has 1 heterocycles. The summed E-state index contributed by atoms with van der Waals surface area (Å²) in [4.78, 5) is 15.2. The predicted molar refractivity (Wildman–Crippen MR) is 81.8 cm³/mol. The number of hydrogen-bond acceptors (Lipinski definition) is 3. The molecule has 1 saturated carbocycles. The molecular weight excluding hydrogens is 326 g/mol. The molecule has 0 aromatic carbocycles. The van der Waals surface area contributed by atoms with Crippen molar-refractivity contribution in [3.63, 3.8) is 0 Å². The third-order valence-corrected chi connectivity index (χ3v) is 5.81. The molecule has 1 aromatic rings. The van der Waals surface area contributed by atoms with Crippen molar-refractivity contribution in [2.75, 3.05) is 13.2 Å². The molecule has 1 aromatic heterocycles. The van der Waals surface area contributed by atoms with Crippen LogP contribution in [0.15, 0.2) is 9.85 Å². The first-order valence-electron chi connectivity index (χ1n) is 6.81. The number of amides is 1. The minimum atomic E-state index is 0.0355. The van der Waals surface area contributed by atoms with E-state index >= 15 is 0 Å². The summed E-state index contributed by atoms with van der Waals surface area (Å²) >= 11 is 4.95. The maximum Gasteiger partial charge on any atom is 0.264 e. The van der Waals surface area contributed by atoms with Crippen LogP contribution in [0.1, 0.15) is 47.3 Å². The fourth-order valence-electron chi connectivity index (χ4n) is 2.66. The molecule has 0 atom stereocenters. The molecule has 0 unspecified atom stereocenters. The van der Waals surface area contributed by atoms with Gasteiger partial charge in [0.05, 0.1) is 15.3 Å². The zero-order valence-electron chi connectivity index (χ0n) is 11.2. The summed E-state index contributed by atoms with van der Waals surface area (Å²) in [6, 6.07) is 2.24. The largest absolute Gasteiger partial charge is 0.395 e. The molecule has 106 valence electrons. The summed E-state index contributed by atoms with van der Waals surface area (Å²) < 4.78 is 1.02. The summed E-state index contributed by atoms with van der Waals surface area (Å²) in [5.74, 6) is 0.0692. The standard InChI is InChI=1S/C14H20BrNO2S/c1-10-9-12(19-13(10)15)14(18)16(7-8-17)11-5-3-2-4-6-11/h9,11,17H,2-8H2,1H3. The predicted octanol–water partition coefficient (Wildman–Crippen LogP) is 3.59. The van der Waals surface area contributed by atoms with Crippen molar-refractivity contribution in [3.05, 3.63) is 20.3 Å². The van der Waals surface area contributed by atoms with Crippen molar-refractivity contribution in [1.82, 2.24) is 4.90 Å². The molecular formula is C14H20BrNO2S. The molecule has 2 rings (SSSR count). The van der Waals surface area contributed by atoms with Crippen LogP contribution in [0.2, 0.25) is 0 Å². The zero-order valence-corrected chi connectivity index (χ0v) is 13.6. The molecule has 0 saturated heterocycles. The van der Waals surface area contributed by atoms with E-state index < -0.39 is 0 Å². The van der Waals surface area contributed by atoms with E-state index in [1.807, 2.05) is 17.9 Å². The Morgan fingerprint density at radius 1 is 1.47 bits per heavy atom. The Labute approximate surface area is 126 Å². The van der Waals surface area contributed by atoms with E-state index in [0.29, 0.717) is 12.6 Å². The van der Waals surface area contributed by atoms with E-state index in [1.54, 1.807) is 0 Å². The summed E-state index contributed by atoms with van der Waals surface area (Å²) in [6.07, 6.45) is 5.77. The summed E-state index contributed by atoms with van der Waals surface area (Å²) in [6.45, 7) is 2.47. The van der Waals surface area contributed by atoms with Gasteiger partial charge in [-0.3, -0.25) is 4.79 Å². The van der Waals surface area contributed by atoms with Crippen LogP contribution in [-0.2, 0) is 0 Å². The maximum absolute atomic E-state index is 12.6. The lowest BCUT2D eigenvalue weighted by atomic mass is 9.94. The number of aliphatic hydroxyl groups is 1. The SMILES string of the molecule is Cc1cc(C(=O)N(CCO)C2CCCCC2)sc1Br. The number of rotatable bonds is 4. The van der Waals surface area contributed by atoms with Gasteiger partial charge in [-0.2, -0.15) is 0 Å². The summed E-state index contributed by atoms with van der Waals surface area (Å²) in [5.41, 5.74) is 1.10. The molecule has 19 heavy (non-hydrogen) atoms. The highest BCUT2D eigenvalue weighted by Gasteiger charge is 2.27. The first-order valence-corrected chi connectivity index (χ1v) is 8.42. The van der Waals surface area contributed by atoms with Gasteiger partial charge in [0.25, 0.3) is 5.91 Å². The third kappa shape index (κ3) is 3.58. The van der Waals surface area contributed by atoms with E-state index in [9.17, 15) is 9.90 Å². The van der Waals surface area contributed by atoms with Gasteiger partial charge >= 0.3 is 0 Å². The Morgan fingerprint density at radius 3 is 2.68 bits per heavy atom. The minimum Gasteiger partial charge on any atom is -0.395 e. The van der Waals surface area contributed by atoms with Gasteiger partial charge in [-0.15, -0.1) is 11.3 Å². The number of carbonyl (C=O) groups excluding carboxylic acids is 1. The fraction of sp³-hybridized carbons (Fsp3) is 0.643. The molecule has 0 bridgehead atoms. The Hall–Kier alpha value is -0.390. The van der Waals surface area contributed by atoms with Crippen molar-refractivity contribution in [3.8, 4) is 0 Å². The molecule has 3 nitrogen and oxygen atoms in total. The number of aliphatic hydroxyl groups excluding tert-OH is 1. The number of hydrogen-bond donors (Lipinski definition) is 1. The fourth-order valence-corrected chi connectivity index (χ4v) is 4.15. The number of nitrogens with zero attached hydrogens (tertiary/aromatic N) is 1. The molecule has 0 aliphatic heterocycles. The van der Waals surface area contributed by atoms with Crippen LogP contribution in [0.4, 0.5) is 0 Å². The molecule has 1 N–H and O–H groups in total. The molecule has 0 spiro atoms. The van der Waals surface area contributed by atoms with Crippen molar-refractivity contribution in [2.45, 2.75) is 45.1 Å². The first kappa shape index (κ1) is 15.0. The molecule has 1 fully saturated rings. The van der Waals surface area contributed by atoms with Crippen molar-refractivity contribution >= 4 is 33.2 Å². The Bertz CT molecular complexity index is 421. The number of halogens is 1. The van der Waals surface area contributed by atoms with Gasteiger partial charge in [-0.25, -0.2) is 0 Å². The number of thiophene rings is 1. The lowest BCUT2D eigenvalue weighted by molar-refractivity contribution is 0.0590. The highest BCUT2D eigenvalue weighted by molar-refractivity contribution is 9.11. The van der Waals surface area contributed by atoms with Gasteiger partial charge in [0.2, 0.25) is 0 Å². The molecule has 5 heteroatoms. The average Bonchev–Trinajstić information content (AvgIpc) is 2.76. The zero-order chi connectivity index (χ0) is 13.8. The Kier molecular flexibility index (Phi) is 5.42. The molecule has 0 radical (unpaired) electrons. The van der Waals surface area contributed by atoms with Crippen LogP contribution < -0.4 is 0 Å². The van der Waals surface area contributed by atoms with Crippen molar-refractivity contribution < 1.29 is 9.90 Å². The van der Waals surface area contributed by atoms with Gasteiger partial charge in [-0.1, -0.05) is 19.3 Å². The second kappa shape index (κ2) is 6.86. The molecule has 1 aliphatic carbocycles. The van der Waals surface area contributed by atoms with Crippen LogP contribution in [0.25, 0.3) is 0 Å². The number of carbonyl (C=O) groups is 1. The lowest BCUT2D eigenvalue weighted by Crippen LogP contribution is -2.42. The number of aryl methyl sites for hydroxylation is 1.